The third-order valence-electron chi connectivity index (χ3n) is 5.09. The molecule has 1 aromatic rings. The number of hydrogen-bond donors (Lipinski definition) is 0. The second-order valence-electron chi connectivity index (χ2n) is 7.24. The molecule has 1 aromatic carbocycles. The molecule has 1 unspecified atom stereocenters. The van der Waals surface area contributed by atoms with Gasteiger partial charge in [0.1, 0.15) is 6.54 Å². The number of unbranched alkanes of at least 4 members (excludes halogenated alkanes) is 7. The molecule has 0 aliphatic carbocycles. The lowest BCUT2D eigenvalue weighted by Gasteiger charge is -2.33. The van der Waals surface area contributed by atoms with E-state index in [1.165, 1.54) is 75.6 Å². The van der Waals surface area contributed by atoms with Crippen LogP contribution in [0.25, 0.3) is 6.08 Å². The predicted octanol–water partition coefficient (Wildman–Crippen LogP) is 6.44. The zero-order chi connectivity index (χ0) is 17.0. The number of rotatable bonds is 13. The molecule has 0 spiro atoms. The molecular weight excluding hydrogens is 278 g/mol. The molecule has 0 saturated heterocycles. The summed E-state index contributed by atoms with van der Waals surface area (Å²) in [7, 11) is 2.41. The molecule has 0 aliphatic rings. The van der Waals surface area contributed by atoms with Gasteiger partial charge in [0.05, 0.1) is 20.1 Å². The first-order chi connectivity index (χ1) is 11.1. The van der Waals surface area contributed by atoms with E-state index in [2.05, 4.69) is 51.7 Å². The fourth-order valence-electron chi connectivity index (χ4n) is 3.18. The van der Waals surface area contributed by atoms with Crippen LogP contribution >= 0.6 is 0 Å². The molecule has 0 aromatic heterocycles. The van der Waals surface area contributed by atoms with Gasteiger partial charge in [0.2, 0.25) is 0 Å². The van der Waals surface area contributed by atoms with Gasteiger partial charge < -0.3 is 4.48 Å². The molecule has 0 heterocycles. The molecule has 0 radical (unpaired) electrons. The Morgan fingerprint density at radius 1 is 0.870 bits per heavy atom. The van der Waals surface area contributed by atoms with E-state index in [0.29, 0.717) is 0 Å². The maximum atomic E-state index is 3.83. The molecule has 1 nitrogen and oxygen atoms in total. The topological polar surface area (TPSA) is 0 Å². The van der Waals surface area contributed by atoms with Crippen molar-refractivity contribution in [1.82, 2.24) is 0 Å². The molecule has 23 heavy (non-hydrogen) atoms. The summed E-state index contributed by atoms with van der Waals surface area (Å²) in [5.74, 6) is 0. The van der Waals surface area contributed by atoms with Crippen LogP contribution in [0.1, 0.15) is 76.3 Å². The van der Waals surface area contributed by atoms with Crippen LogP contribution < -0.4 is 0 Å². The molecule has 1 heteroatoms. The highest BCUT2D eigenvalue weighted by molar-refractivity contribution is 5.47. The van der Waals surface area contributed by atoms with Gasteiger partial charge in [-0.2, -0.15) is 0 Å². The van der Waals surface area contributed by atoms with E-state index in [1.807, 2.05) is 6.08 Å². The Labute approximate surface area is 145 Å². The van der Waals surface area contributed by atoms with Crippen LogP contribution in [0.2, 0.25) is 0 Å². The summed E-state index contributed by atoms with van der Waals surface area (Å²) in [5, 5.41) is 0. The standard InChI is InChI=1S/C22H38N/c1-5-8-9-10-11-12-13-14-19-23(4,7-3)20-22-17-15-21(6-2)16-18-22/h6,15-18H,2,5,7-14,19-20H2,1,3-4H3/q+1. The van der Waals surface area contributed by atoms with Gasteiger partial charge in [0, 0.05) is 5.56 Å². The maximum absolute atomic E-state index is 3.83. The van der Waals surface area contributed by atoms with Crippen LogP contribution in [0.3, 0.4) is 0 Å². The zero-order valence-electron chi connectivity index (χ0n) is 15.8. The van der Waals surface area contributed by atoms with Gasteiger partial charge in [-0.25, -0.2) is 0 Å². The van der Waals surface area contributed by atoms with Crippen molar-refractivity contribution >= 4 is 6.08 Å². The first-order valence-electron chi connectivity index (χ1n) is 9.68. The van der Waals surface area contributed by atoms with Crippen LogP contribution in [-0.2, 0) is 6.54 Å². The molecule has 0 fully saturated rings. The fraction of sp³-hybridized carbons (Fsp3) is 0.636. The van der Waals surface area contributed by atoms with Gasteiger partial charge in [-0.15, -0.1) is 0 Å². The lowest BCUT2D eigenvalue weighted by atomic mass is 10.1. The van der Waals surface area contributed by atoms with Crippen molar-refractivity contribution in [2.24, 2.45) is 0 Å². The Hall–Kier alpha value is -1.08. The highest BCUT2D eigenvalue weighted by atomic mass is 15.3. The van der Waals surface area contributed by atoms with E-state index >= 15 is 0 Å². The number of hydrogen-bond acceptors (Lipinski definition) is 0. The highest BCUT2D eigenvalue weighted by Crippen LogP contribution is 2.16. The summed E-state index contributed by atoms with van der Waals surface area (Å²) in [5.41, 5.74) is 2.65. The Morgan fingerprint density at radius 2 is 1.43 bits per heavy atom. The van der Waals surface area contributed by atoms with Crippen molar-refractivity contribution in [3.63, 3.8) is 0 Å². The van der Waals surface area contributed by atoms with Crippen molar-refractivity contribution in [2.75, 3.05) is 20.1 Å². The SMILES string of the molecule is C=Cc1ccc(C[N+](C)(CC)CCCCCCCCCC)cc1. The van der Waals surface area contributed by atoms with Gasteiger partial charge in [-0.1, -0.05) is 82.4 Å². The van der Waals surface area contributed by atoms with Crippen LogP contribution in [0, 0.1) is 0 Å². The van der Waals surface area contributed by atoms with Crippen molar-refractivity contribution in [3.8, 4) is 0 Å². The minimum atomic E-state index is 1.14. The first-order valence-corrected chi connectivity index (χ1v) is 9.68. The lowest BCUT2D eigenvalue weighted by Crippen LogP contribution is -2.43. The van der Waals surface area contributed by atoms with Crippen LogP contribution in [-0.4, -0.2) is 24.6 Å². The number of benzene rings is 1. The summed E-state index contributed by atoms with van der Waals surface area (Å²) in [4.78, 5) is 0. The average molecular weight is 317 g/mol. The summed E-state index contributed by atoms with van der Waals surface area (Å²) in [6.45, 7) is 12.1. The average Bonchev–Trinajstić information content (AvgIpc) is 2.58. The third kappa shape index (κ3) is 8.37. The van der Waals surface area contributed by atoms with E-state index in [-0.39, 0.29) is 0 Å². The molecule has 0 aliphatic heterocycles. The summed E-state index contributed by atoms with van der Waals surface area (Å²) < 4.78 is 1.16. The van der Waals surface area contributed by atoms with E-state index in [0.717, 1.165) is 11.0 Å². The van der Waals surface area contributed by atoms with Crippen molar-refractivity contribution < 1.29 is 4.48 Å². The van der Waals surface area contributed by atoms with Gasteiger partial charge in [0.15, 0.2) is 0 Å². The molecule has 0 saturated carbocycles. The molecule has 1 rings (SSSR count). The second kappa shape index (κ2) is 11.5. The number of quaternary nitrogens is 1. The van der Waals surface area contributed by atoms with Crippen LogP contribution in [0.4, 0.5) is 0 Å². The Morgan fingerprint density at radius 3 is 1.96 bits per heavy atom. The molecular formula is C22H38N+. The van der Waals surface area contributed by atoms with E-state index in [4.69, 9.17) is 0 Å². The fourth-order valence-corrected chi connectivity index (χ4v) is 3.18. The minimum Gasteiger partial charge on any atom is -0.323 e. The van der Waals surface area contributed by atoms with Crippen LogP contribution in [0.15, 0.2) is 30.8 Å². The quantitative estimate of drug-likeness (QED) is 0.290. The van der Waals surface area contributed by atoms with E-state index in [1.54, 1.807) is 0 Å². The summed E-state index contributed by atoms with van der Waals surface area (Å²) in [6, 6.07) is 8.88. The van der Waals surface area contributed by atoms with E-state index < -0.39 is 0 Å². The van der Waals surface area contributed by atoms with E-state index in [9.17, 15) is 0 Å². The van der Waals surface area contributed by atoms with Gasteiger partial charge in [0.25, 0.3) is 0 Å². The van der Waals surface area contributed by atoms with Crippen molar-refractivity contribution in [1.29, 1.82) is 0 Å². The van der Waals surface area contributed by atoms with Crippen LogP contribution in [0.5, 0.6) is 0 Å². The molecule has 0 N–H and O–H groups in total. The zero-order valence-corrected chi connectivity index (χ0v) is 15.8. The molecule has 1 atom stereocenters. The first kappa shape index (κ1) is 20.0. The molecule has 130 valence electrons. The Bertz CT molecular complexity index is 420. The van der Waals surface area contributed by atoms with Crippen molar-refractivity contribution in [3.05, 3.63) is 42.0 Å². The predicted molar refractivity (Wildman–Crippen MR) is 104 cm³/mol. The summed E-state index contributed by atoms with van der Waals surface area (Å²) >= 11 is 0. The molecule has 0 bridgehead atoms. The third-order valence-corrected chi connectivity index (χ3v) is 5.09. The summed E-state index contributed by atoms with van der Waals surface area (Å²) in [6.07, 6.45) is 13.1. The Kier molecular flexibility index (Phi) is 9.94. The largest absolute Gasteiger partial charge is 0.323 e. The van der Waals surface area contributed by atoms with Gasteiger partial charge in [-0.3, -0.25) is 0 Å². The normalized spacial score (nSPS) is 13.7. The number of nitrogens with zero attached hydrogens (tertiary/aromatic N) is 1. The van der Waals surface area contributed by atoms with Crippen molar-refractivity contribution in [2.45, 2.75) is 71.8 Å². The lowest BCUT2D eigenvalue weighted by molar-refractivity contribution is -0.921. The minimum absolute atomic E-state index is 1.14. The van der Waals surface area contributed by atoms with Gasteiger partial charge in [-0.05, 0) is 25.3 Å². The van der Waals surface area contributed by atoms with Gasteiger partial charge >= 0.3 is 0 Å². The maximum Gasteiger partial charge on any atom is 0.104 e. The monoisotopic (exact) mass is 316 g/mol. The molecule has 0 amide bonds. The smallest absolute Gasteiger partial charge is 0.104 e. The highest BCUT2D eigenvalue weighted by Gasteiger charge is 2.19. The second-order valence-corrected chi connectivity index (χ2v) is 7.24. The Balaban J connectivity index is 2.28.